The SMILES string of the molecule is COc1ccc(CNc2cncc(C3=CN(S(=O)(=O)c4ccc(C)cc4)C4C=CC=CC34)c2)cc1OC1CCCC1. The van der Waals surface area contributed by atoms with Gasteiger partial charge in [-0.25, -0.2) is 8.42 Å². The van der Waals surface area contributed by atoms with Crippen LogP contribution < -0.4 is 14.8 Å². The number of nitrogens with one attached hydrogen (secondary N) is 1. The molecule has 1 fully saturated rings. The largest absolute Gasteiger partial charge is 0.493 e. The van der Waals surface area contributed by atoms with Crippen molar-refractivity contribution in [2.75, 3.05) is 12.4 Å². The van der Waals surface area contributed by atoms with Crippen molar-refractivity contribution in [3.8, 4) is 11.5 Å². The monoisotopic (exact) mass is 569 g/mol. The van der Waals surface area contributed by atoms with Crippen LogP contribution in [0, 0.1) is 12.8 Å². The van der Waals surface area contributed by atoms with Gasteiger partial charge in [-0.2, -0.15) is 0 Å². The van der Waals surface area contributed by atoms with E-state index in [9.17, 15) is 8.42 Å². The van der Waals surface area contributed by atoms with Crippen LogP contribution in [0.1, 0.15) is 42.4 Å². The zero-order chi connectivity index (χ0) is 28.4. The number of fused-ring (bicyclic) bond motifs is 1. The molecule has 6 rings (SSSR count). The summed E-state index contributed by atoms with van der Waals surface area (Å²) in [6.07, 6.45) is 18.1. The second-order valence-electron chi connectivity index (χ2n) is 10.8. The van der Waals surface area contributed by atoms with Crippen LogP contribution in [0.4, 0.5) is 5.69 Å². The molecule has 0 amide bonds. The van der Waals surface area contributed by atoms with E-state index in [0.29, 0.717) is 6.54 Å². The summed E-state index contributed by atoms with van der Waals surface area (Å²) in [5.74, 6) is 1.42. The van der Waals surface area contributed by atoms with Gasteiger partial charge in [0.1, 0.15) is 0 Å². The molecule has 2 aliphatic carbocycles. The van der Waals surface area contributed by atoms with E-state index in [2.05, 4.69) is 16.4 Å². The van der Waals surface area contributed by atoms with Gasteiger partial charge in [-0.15, -0.1) is 0 Å². The zero-order valence-electron chi connectivity index (χ0n) is 23.4. The number of hydrogen-bond donors (Lipinski definition) is 1. The average molecular weight is 570 g/mol. The highest BCUT2D eigenvalue weighted by Crippen LogP contribution is 2.42. The highest BCUT2D eigenvalue weighted by molar-refractivity contribution is 7.89. The Labute approximate surface area is 242 Å². The van der Waals surface area contributed by atoms with Crippen LogP contribution in [-0.4, -0.2) is 37.0 Å². The lowest BCUT2D eigenvalue weighted by molar-refractivity contribution is 0.200. The van der Waals surface area contributed by atoms with Gasteiger partial charge in [0.15, 0.2) is 11.5 Å². The number of aromatic nitrogens is 1. The lowest BCUT2D eigenvalue weighted by Gasteiger charge is -2.27. The predicted molar refractivity (Wildman–Crippen MR) is 161 cm³/mol. The third-order valence-electron chi connectivity index (χ3n) is 8.01. The van der Waals surface area contributed by atoms with E-state index in [4.69, 9.17) is 9.47 Å². The third kappa shape index (κ3) is 5.61. The maximum atomic E-state index is 13.7. The van der Waals surface area contributed by atoms with Gasteiger partial charge in [-0.1, -0.05) is 48.1 Å². The van der Waals surface area contributed by atoms with Crippen LogP contribution in [0.2, 0.25) is 0 Å². The molecule has 41 heavy (non-hydrogen) atoms. The second-order valence-corrected chi connectivity index (χ2v) is 12.7. The van der Waals surface area contributed by atoms with Crippen LogP contribution in [0.5, 0.6) is 11.5 Å². The van der Waals surface area contributed by atoms with Gasteiger partial charge in [-0.05, 0) is 74.1 Å². The highest BCUT2D eigenvalue weighted by atomic mass is 32.2. The molecule has 0 saturated heterocycles. The van der Waals surface area contributed by atoms with Gasteiger partial charge in [0, 0.05) is 36.6 Å². The molecular weight excluding hydrogens is 534 g/mol. The molecule has 3 aromatic rings. The Balaban J connectivity index is 1.23. The van der Waals surface area contributed by atoms with E-state index in [-0.39, 0.29) is 23.0 Å². The number of pyridine rings is 1. The molecular formula is C33H35N3O4S. The molecule has 1 aliphatic heterocycles. The first-order chi connectivity index (χ1) is 19.9. The third-order valence-corrected chi connectivity index (χ3v) is 9.79. The summed E-state index contributed by atoms with van der Waals surface area (Å²) >= 11 is 0. The predicted octanol–water partition coefficient (Wildman–Crippen LogP) is 6.49. The maximum absolute atomic E-state index is 13.7. The van der Waals surface area contributed by atoms with E-state index in [0.717, 1.165) is 52.3 Å². The molecule has 3 aliphatic rings. The number of nitrogens with zero attached hydrogens (tertiary/aromatic N) is 2. The van der Waals surface area contributed by atoms with Crippen LogP contribution in [0.25, 0.3) is 5.57 Å². The first kappa shape index (κ1) is 27.1. The topological polar surface area (TPSA) is 80.8 Å². The second kappa shape index (κ2) is 11.4. The van der Waals surface area contributed by atoms with Gasteiger partial charge in [-0.3, -0.25) is 9.29 Å². The number of benzene rings is 2. The number of allylic oxidation sites excluding steroid dienone is 2. The van der Waals surface area contributed by atoms with Crippen molar-refractivity contribution in [2.45, 2.75) is 56.2 Å². The summed E-state index contributed by atoms with van der Waals surface area (Å²) in [6, 6.07) is 14.7. The van der Waals surface area contributed by atoms with Crippen molar-refractivity contribution in [3.63, 3.8) is 0 Å². The van der Waals surface area contributed by atoms with E-state index < -0.39 is 10.0 Å². The van der Waals surface area contributed by atoms with Gasteiger partial charge < -0.3 is 14.8 Å². The van der Waals surface area contributed by atoms with Crippen LogP contribution in [-0.2, 0) is 16.6 Å². The highest BCUT2D eigenvalue weighted by Gasteiger charge is 2.40. The summed E-state index contributed by atoms with van der Waals surface area (Å²) in [5, 5.41) is 3.48. The molecule has 212 valence electrons. The van der Waals surface area contributed by atoms with Crippen LogP contribution >= 0.6 is 0 Å². The Bertz CT molecular complexity index is 1610. The van der Waals surface area contributed by atoms with Gasteiger partial charge in [0.05, 0.1) is 29.8 Å². The fourth-order valence-electron chi connectivity index (χ4n) is 5.77. The molecule has 1 saturated carbocycles. The van der Waals surface area contributed by atoms with Gasteiger partial charge in [0.25, 0.3) is 10.0 Å². The minimum atomic E-state index is -3.73. The van der Waals surface area contributed by atoms with Crippen LogP contribution in [0.15, 0.2) is 96.3 Å². The maximum Gasteiger partial charge on any atom is 0.264 e. The standard InChI is InChI=1S/C33H35N3O4S/c1-23-11-14-28(15-12-23)41(37,38)36-22-30(29-9-5-6-10-31(29)36)25-18-26(21-34-20-25)35-19-24-13-16-32(39-2)33(17-24)40-27-7-3-4-8-27/h5-6,9-18,20-22,27,29,31,35H,3-4,7-8,19H2,1-2H3. The van der Waals surface area contributed by atoms with Gasteiger partial charge >= 0.3 is 0 Å². The smallest absolute Gasteiger partial charge is 0.264 e. The number of sulfonamides is 1. The number of anilines is 1. The molecule has 2 atom stereocenters. The summed E-state index contributed by atoms with van der Waals surface area (Å²) < 4.78 is 40.6. The van der Waals surface area contributed by atoms with Crippen molar-refractivity contribution >= 4 is 21.3 Å². The van der Waals surface area contributed by atoms with Crippen LogP contribution in [0.3, 0.4) is 0 Å². The van der Waals surface area contributed by atoms with Crippen molar-refractivity contribution in [1.29, 1.82) is 0 Å². The lowest BCUT2D eigenvalue weighted by atomic mass is 9.88. The molecule has 2 unspecified atom stereocenters. The number of methoxy groups -OCH3 is 1. The first-order valence-corrected chi connectivity index (χ1v) is 15.6. The normalized spacial score (nSPS) is 20.1. The van der Waals surface area contributed by atoms with E-state index in [1.165, 1.54) is 17.1 Å². The Morgan fingerprint density at radius 2 is 1.76 bits per heavy atom. The minimum absolute atomic E-state index is 0.103. The first-order valence-electron chi connectivity index (χ1n) is 14.1. The summed E-state index contributed by atoms with van der Waals surface area (Å²) in [4.78, 5) is 4.77. The molecule has 8 heteroatoms. The molecule has 7 nitrogen and oxygen atoms in total. The quantitative estimate of drug-likeness (QED) is 0.317. The van der Waals surface area contributed by atoms with E-state index >= 15 is 0 Å². The summed E-state index contributed by atoms with van der Waals surface area (Å²) in [7, 11) is -2.06. The fraction of sp³-hybridized carbons (Fsp3) is 0.303. The summed E-state index contributed by atoms with van der Waals surface area (Å²) in [6.45, 7) is 2.53. The van der Waals surface area contributed by atoms with Crippen molar-refractivity contribution < 1.29 is 17.9 Å². The molecule has 1 aromatic heterocycles. The minimum Gasteiger partial charge on any atom is -0.493 e. The fourth-order valence-corrected chi connectivity index (χ4v) is 7.27. The number of hydrogen-bond acceptors (Lipinski definition) is 6. The Kier molecular flexibility index (Phi) is 7.58. The Morgan fingerprint density at radius 1 is 0.976 bits per heavy atom. The molecule has 0 spiro atoms. The summed E-state index contributed by atoms with van der Waals surface area (Å²) in [5.41, 5.74) is 4.73. The van der Waals surface area contributed by atoms with Crippen molar-refractivity contribution in [1.82, 2.24) is 9.29 Å². The number of ether oxygens (including phenoxy) is 2. The lowest BCUT2D eigenvalue weighted by Crippen LogP contribution is -2.35. The zero-order valence-corrected chi connectivity index (χ0v) is 24.2. The van der Waals surface area contributed by atoms with E-state index in [1.807, 2.05) is 61.5 Å². The molecule has 0 bridgehead atoms. The van der Waals surface area contributed by atoms with Gasteiger partial charge in [0.2, 0.25) is 0 Å². The average Bonchev–Trinajstić information content (AvgIpc) is 3.65. The molecule has 2 heterocycles. The number of rotatable bonds is 9. The number of aryl methyl sites for hydroxylation is 1. The van der Waals surface area contributed by atoms with Crippen molar-refractivity contribution in [2.24, 2.45) is 5.92 Å². The molecule has 2 aromatic carbocycles. The van der Waals surface area contributed by atoms with Crippen molar-refractivity contribution in [3.05, 3.63) is 108 Å². The van der Waals surface area contributed by atoms with E-state index in [1.54, 1.807) is 37.8 Å². The Morgan fingerprint density at radius 3 is 2.54 bits per heavy atom. The molecule has 1 N–H and O–H groups in total. The molecule has 0 radical (unpaired) electrons. The Hall–Kier alpha value is -4.04.